The van der Waals surface area contributed by atoms with Gasteiger partial charge in [-0.2, -0.15) is 0 Å². The minimum atomic E-state index is -0.533. The Morgan fingerprint density at radius 1 is 1.07 bits per heavy atom. The van der Waals surface area contributed by atoms with Crippen molar-refractivity contribution in [3.63, 3.8) is 0 Å². The first-order valence-electron chi connectivity index (χ1n) is 4.05. The lowest BCUT2D eigenvalue weighted by molar-refractivity contribution is 0.917. The van der Waals surface area contributed by atoms with Crippen LogP contribution >= 0.6 is 34.8 Å². The maximum Gasteiger partial charge on any atom is 0.0997 e. The van der Waals surface area contributed by atoms with E-state index in [4.69, 9.17) is 34.8 Å². The standard InChI is InChI=1S/C11H9Cl3/c1-11(2,14)4-3-8-5-9(12)7-10(13)6-8/h5-7H,1-2H3. The largest absolute Gasteiger partial charge is 0.106 e. The summed E-state index contributed by atoms with van der Waals surface area (Å²) in [6.45, 7) is 3.65. The Morgan fingerprint density at radius 2 is 1.57 bits per heavy atom. The van der Waals surface area contributed by atoms with E-state index in [2.05, 4.69) is 11.8 Å². The molecule has 0 bridgehead atoms. The summed E-state index contributed by atoms with van der Waals surface area (Å²) in [5.74, 6) is 5.81. The van der Waals surface area contributed by atoms with Gasteiger partial charge in [0.15, 0.2) is 0 Å². The van der Waals surface area contributed by atoms with Crippen molar-refractivity contribution < 1.29 is 0 Å². The summed E-state index contributed by atoms with van der Waals surface area (Å²) in [5, 5.41) is 1.16. The molecular weight excluding hydrogens is 238 g/mol. The van der Waals surface area contributed by atoms with Crippen LogP contribution in [0.4, 0.5) is 0 Å². The van der Waals surface area contributed by atoms with Gasteiger partial charge in [0.05, 0.1) is 4.87 Å². The van der Waals surface area contributed by atoms with Gasteiger partial charge in [-0.1, -0.05) is 35.0 Å². The molecule has 0 saturated carbocycles. The number of benzene rings is 1. The van der Waals surface area contributed by atoms with Crippen molar-refractivity contribution in [2.24, 2.45) is 0 Å². The van der Waals surface area contributed by atoms with E-state index >= 15 is 0 Å². The fourth-order valence-electron chi connectivity index (χ4n) is 0.847. The first-order valence-corrected chi connectivity index (χ1v) is 5.18. The molecule has 0 heterocycles. The van der Waals surface area contributed by atoms with Crippen molar-refractivity contribution in [3.05, 3.63) is 33.8 Å². The van der Waals surface area contributed by atoms with E-state index in [0.717, 1.165) is 5.56 Å². The molecule has 0 N–H and O–H groups in total. The van der Waals surface area contributed by atoms with Crippen LogP contribution < -0.4 is 0 Å². The summed E-state index contributed by atoms with van der Waals surface area (Å²) >= 11 is 17.6. The molecule has 1 aromatic carbocycles. The van der Waals surface area contributed by atoms with E-state index in [0.29, 0.717) is 10.0 Å². The third-order valence-electron chi connectivity index (χ3n) is 1.37. The fourth-order valence-corrected chi connectivity index (χ4v) is 1.42. The average Bonchev–Trinajstić information content (AvgIpc) is 1.97. The van der Waals surface area contributed by atoms with Crippen molar-refractivity contribution in [1.82, 2.24) is 0 Å². The Bertz CT molecular complexity index is 371. The topological polar surface area (TPSA) is 0 Å². The zero-order valence-corrected chi connectivity index (χ0v) is 10.1. The van der Waals surface area contributed by atoms with Crippen LogP contribution in [0.15, 0.2) is 18.2 Å². The Labute approximate surface area is 99.2 Å². The molecule has 0 spiro atoms. The molecule has 0 radical (unpaired) electrons. The summed E-state index contributed by atoms with van der Waals surface area (Å²) in [5.41, 5.74) is 0.774. The van der Waals surface area contributed by atoms with Gasteiger partial charge in [-0.15, -0.1) is 11.6 Å². The zero-order chi connectivity index (χ0) is 10.8. The van der Waals surface area contributed by atoms with Crippen LogP contribution in [0.5, 0.6) is 0 Å². The summed E-state index contributed by atoms with van der Waals surface area (Å²) < 4.78 is 0. The molecule has 1 aromatic rings. The molecule has 0 aliphatic carbocycles. The van der Waals surface area contributed by atoms with Crippen LogP contribution in [0.2, 0.25) is 10.0 Å². The molecule has 0 atom stereocenters. The van der Waals surface area contributed by atoms with Crippen LogP contribution in [-0.4, -0.2) is 4.87 Å². The van der Waals surface area contributed by atoms with Crippen molar-refractivity contribution >= 4 is 34.8 Å². The molecule has 0 unspecified atom stereocenters. The number of hydrogen-bond donors (Lipinski definition) is 0. The highest BCUT2D eigenvalue weighted by Gasteiger charge is 2.06. The fraction of sp³-hybridized carbons (Fsp3) is 0.273. The van der Waals surface area contributed by atoms with E-state index in [1.807, 2.05) is 13.8 Å². The van der Waals surface area contributed by atoms with E-state index in [9.17, 15) is 0 Å². The first kappa shape index (κ1) is 11.7. The van der Waals surface area contributed by atoms with Gasteiger partial charge in [-0.3, -0.25) is 0 Å². The second-order valence-electron chi connectivity index (χ2n) is 3.38. The number of alkyl halides is 1. The Morgan fingerprint density at radius 3 is 2.00 bits per heavy atom. The van der Waals surface area contributed by atoms with E-state index in [1.54, 1.807) is 18.2 Å². The Hall–Kier alpha value is -0.350. The summed E-state index contributed by atoms with van der Waals surface area (Å²) in [6.07, 6.45) is 0. The molecule has 0 nitrogen and oxygen atoms in total. The lowest BCUT2D eigenvalue weighted by Crippen LogP contribution is -2.04. The summed E-state index contributed by atoms with van der Waals surface area (Å²) in [6, 6.07) is 5.17. The molecule has 0 aliphatic heterocycles. The zero-order valence-electron chi connectivity index (χ0n) is 7.87. The van der Waals surface area contributed by atoms with Gasteiger partial charge in [0.2, 0.25) is 0 Å². The second-order valence-corrected chi connectivity index (χ2v) is 5.20. The maximum absolute atomic E-state index is 5.92. The highest BCUT2D eigenvalue weighted by atomic mass is 35.5. The van der Waals surface area contributed by atoms with Crippen LogP contribution in [0.1, 0.15) is 19.4 Å². The monoisotopic (exact) mass is 246 g/mol. The van der Waals surface area contributed by atoms with Gasteiger partial charge in [0, 0.05) is 15.6 Å². The van der Waals surface area contributed by atoms with Crippen LogP contribution in [-0.2, 0) is 0 Å². The number of hydrogen-bond acceptors (Lipinski definition) is 0. The number of halogens is 3. The molecule has 14 heavy (non-hydrogen) atoms. The lowest BCUT2D eigenvalue weighted by atomic mass is 10.1. The van der Waals surface area contributed by atoms with E-state index in [1.165, 1.54) is 0 Å². The van der Waals surface area contributed by atoms with Crippen molar-refractivity contribution in [3.8, 4) is 11.8 Å². The molecule has 74 valence electrons. The number of rotatable bonds is 0. The molecule has 1 rings (SSSR count). The van der Waals surface area contributed by atoms with Gasteiger partial charge >= 0.3 is 0 Å². The SMILES string of the molecule is CC(C)(Cl)C#Cc1cc(Cl)cc(Cl)c1. The molecule has 0 aromatic heterocycles. The van der Waals surface area contributed by atoms with Gasteiger partial charge in [0.1, 0.15) is 0 Å². The Kier molecular flexibility index (Phi) is 3.72. The quantitative estimate of drug-likeness (QED) is 0.472. The minimum absolute atomic E-state index is 0.533. The summed E-state index contributed by atoms with van der Waals surface area (Å²) in [7, 11) is 0. The highest BCUT2D eigenvalue weighted by molar-refractivity contribution is 6.34. The van der Waals surface area contributed by atoms with E-state index in [-0.39, 0.29) is 0 Å². The summed E-state index contributed by atoms with van der Waals surface area (Å²) in [4.78, 5) is -0.533. The highest BCUT2D eigenvalue weighted by Crippen LogP contribution is 2.19. The average molecular weight is 248 g/mol. The second kappa shape index (κ2) is 4.45. The normalized spacial score (nSPS) is 10.6. The Balaban J connectivity index is 3.02. The van der Waals surface area contributed by atoms with Gasteiger partial charge in [-0.05, 0) is 32.0 Å². The van der Waals surface area contributed by atoms with Gasteiger partial charge in [0.25, 0.3) is 0 Å². The van der Waals surface area contributed by atoms with Crippen molar-refractivity contribution in [1.29, 1.82) is 0 Å². The molecule has 0 saturated heterocycles. The predicted octanol–water partition coefficient (Wildman–Crippen LogP) is 4.36. The third kappa shape index (κ3) is 4.24. The minimum Gasteiger partial charge on any atom is -0.106 e. The smallest absolute Gasteiger partial charge is 0.0997 e. The third-order valence-corrected chi connectivity index (χ3v) is 1.90. The van der Waals surface area contributed by atoms with Gasteiger partial charge < -0.3 is 0 Å². The maximum atomic E-state index is 5.92. The lowest BCUT2D eigenvalue weighted by Gasteiger charge is -2.03. The first-order chi connectivity index (χ1) is 6.37. The molecule has 0 aliphatic rings. The predicted molar refractivity (Wildman–Crippen MR) is 63.3 cm³/mol. The van der Waals surface area contributed by atoms with Crippen molar-refractivity contribution in [2.75, 3.05) is 0 Å². The molecule has 0 fully saturated rings. The van der Waals surface area contributed by atoms with Gasteiger partial charge in [-0.25, -0.2) is 0 Å². The molecule has 0 amide bonds. The van der Waals surface area contributed by atoms with Crippen LogP contribution in [0.3, 0.4) is 0 Å². The molecular formula is C11H9Cl3. The van der Waals surface area contributed by atoms with Crippen LogP contribution in [0, 0.1) is 11.8 Å². The van der Waals surface area contributed by atoms with Crippen LogP contribution in [0.25, 0.3) is 0 Å². The molecule has 3 heteroatoms. The van der Waals surface area contributed by atoms with Crippen molar-refractivity contribution in [2.45, 2.75) is 18.7 Å². The van der Waals surface area contributed by atoms with E-state index < -0.39 is 4.87 Å².